The van der Waals surface area contributed by atoms with Crippen molar-refractivity contribution in [3.8, 4) is 5.75 Å². The Morgan fingerprint density at radius 2 is 1.71 bits per heavy atom. The maximum absolute atomic E-state index is 13.0. The predicted octanol–water partition coefficient (Wildman–Crippen LogP) is 3.71. The van der Waals surface area contributed by atoms with Crippen molar-refractivity contribution in [3.63, 3.8) is 0 Å². The summed E-state index contributed by atoms with van der Waals surface area (Å²) >= 11 is 0. The van der Waals surface area contributed by atoms with Crippen molar-refractivity contribution in [2.75, 3.05) is 39.4 Å². The molecule has 1 N–H and O–H groups in total. The first kappa shape index (κ1) is 26.4. The van der Waals surface area contributed by atoms with Gasteiger partial charge < -0.3 is 24.3 Å². The van der Waals surface area contributed by atoms with Gasteiger partial charge in [-0.05, 0) is 42.0 Å². The minimum atomic E-state index is -4.63. The summed E-state index contributed by atoms with van der Waals surface area (Å²) in [6.45, 7) is -0.507. The summed E-state index contributed by atoms with van der Waals surface area (Å²) in [6.07, 6.45) is -2.17. The fourth-order valence-electron chi connectivity index (χ4n) is 2.55. The van der Waals surface area contributed by atoms with Crippen LogP contribution in [0.4, 0.5) is 18.9 Å². The van der Waals surface area contributed by atoms with Gasteiger partial charge in [-0.15, -0.1) is 0 Å². The molecule has 0 aliphatic carbocycles. The first-order chi connectivity index (χ1) is 16.1. The van der Waals surface area contributed by atoms with Crippen LogP contribution >= 0.6 is 0 Å². The molecule has 2 aromatic rings. The lowest BCUT2D eigenvalue weighted by molar-refractivity contribution is -0.142. The molecule has 11 heteroatoms. The first-order valence-corrected chi connectivity index (χ1v) is 9.80. The van der Waals surface area contributed by atoms with Gasteiger partial charge in [-0.3, -0.25) is 4.79 Å². The van der Waals surface area contributed by atoms with Crippen LogP contribution in [-0.2, 0) is 30.0 Å². The van der Waals surface area contributed by atoms with Gasteiger partial charge >= 0.3 is 18.1 Å². The number of amides is 1. The molecule has 2 rings (SSSR count). The van der Waals surface area contributed by atoms with E-state index in [1.807, 2.05) is 0 Å². The Morgan fingerprint density at radius 1 is 1.00 bits per heavy atom. The molecule has 0 radical (unpaired) electrons. The van der Waals surface area contributed by atoms with Gasteiger partial charge in [0.25, 0.3) is 5.91 Å². The molecule has 0 aliphatic rings. The molecule has 0 atom stereocenters. The average Bonchev–Trinajstić information content (AvgIpc) is 2.81. The molecule has 0 saturated heterocycles. The standard InChI is InChI=1S/C23H22F3NO7/c1-31-11-12-33-19-9-8-17(23(24,25)26)13-18(19)27-20(28)14-34-21(29)10-5-15-3-6-16(7-4-15)22(30)32-2/h3-10,13H,11-12,14H2,1-2H3,(H,27,28)/b10-5+. The normalized spacial score (nSPS) is 11.2. The van der Waals surface area contributed by atoms with E-state index in [1.165, 1.54) is 32.4 Å². The van der Waals surface area contributed by atoms with E-state index in [0.29, 0.717) is 11.1 Å². The molecule has 0 bridgehead atoms. The largest absolute Gasteiger partial charge is 0.489 e. The zero-order valence-electron chi connectivity index (χ0n) is 18.3. The van der Waals surface area contributed by atoms with Crippen LogP contribution in [0.2, 0.25) is 0 Å². The zero-order valence-corrected chi connectivity index (χ0v) is 18.3. The molecular weight excluding hydrogens is 459 g/mol. The highest BCUT2D eigenvalue weighted by Gasteiger charge is 2.31. The number of nitrogens with one attached hydrogen (secondary N) is 1. The van der Waals surface area contributed by atoms with Gasteiger partial charge in [0, 0.05) is 13.2 Å². The fourth-order valence-corrected chi connectivity index (χ4v) is 2.55. The summed E-state index contributed by atoms with van der Waals surface area (Å²) in [4.78, 5) is 35.4. The molecular formula is C23H22F3NO7. The van der Waals surface area contributed by atoms with Gasteiger partial charge in [-0.2, -0.15) is 13.2 Å². The maximum Gasteiger partial charge on any atom is 0.416 e. The fraction of sp³-hybridized carbons (Fsp3) is 0.261. The van der Waals surface area contributed by atoms with Crippen molar-refractivity contribution >= 4 is 29.6 Å². The molecule has 0 aromatic heterocycles. The molecule has 1 amide bonds. The predicted molar refractivity (Wildman–Crippen MR) is 115 cm³/mol. The second-order valence-corrected chi connectivity index (χ2v) is 6.65. The lowest BCUT2D eigenvalue weighted by Gasteiger charge is -2.15. The van der Waals surface area contributed by atoms with Gasteiger partial charge in [0.2, 0.25) is 0 Å². The molecule has 34 heavy (non-hydrogen) atoms. The molecule has 182 valence electrons. The molecule has 0 saturated carbocycles. The molecule has 0 spiro atoms. The number of carbonyl (C=O) groups is 3. The molecule has 0 heterocycles. The van der Waals surface area contributed by atoms with Gasteiger partial charge in [-0.1, -0.05) is 12.1 Å². The number of methoxy groups -OCH3 is 2. The Morgan fingerprint density at radius 3 is 2.32 bits per heavy atom. The molecule has 2 aromatic carbocycles. The average molecular weight is 481 g/mol. The second kappa shape index (κ2) is 12.4. The van der Waals surface area contributed by atoms with Crippen molar-refractivity contribution < 1.29 is 46.5 Å². The molecule has 8 nitrogen and oxygen atoms in total. The van der Waals surface area contributed by atoms with Crippen LogP contribution in [0.1, 0.15) is 21.5 Å². The summed E-state index contributed by atoms with van der Waals surface area (Å²) in [6, 6.07) is 8.77. The number of benzene rings is 2. The van der Waals surface area contributed by atoms with E-state index in [1.54, 1.807) is 12.1 Å². The Labute approximate surface area is 193 Å². The van der Waals surface area contributed by atoms with Gasteiger partial charge in [-0.25, -0.2) is 9.59 Å². The Kier molecular flexibility index (Phi) is 9.62. The van der Waals surface area contributed by atoms with Crippen LogP contribution in [-0.4, -0.2) is 51.9 Å². The zero-order chi connectivity index (χ0) is 25.1. The van der Waals surface area contributed by atoms with Crippen molar-refractivity contribution in [1.29, 1.82) is 0 Å². The van der Waals surface area contributed by atoms with Crippen LogP contribution in [0.25, 0.3) is 6.08 Å². The number of halogens is 3. The third-order valence-corrected chi connectivity index (χ3v) is 4.22. The number of rotatable bonds is 10. The minimum absolute atomic E-state index is 0.0000221. The molecule has 0 fully saturated rings. The van der Waals surface area contributed by atoms with E-state index in [0.717, 1.165) is 24.3 Å². The van der Waals surface area contributed by atoms with Crippen molar-refractivity contribution in [2.45, 2.75) is 6.18 Å². The van der Waals surface area contributed by atoms with E-state index in [2.05, 4.69) is 10.1 Å². The topological polar surface area (TPSA) is 100 Å². The van der Waals surface area contributed by atoms with Crippen molar-refractivity contribution in [2.24, 2.45) is 0 Å². The third-order valence-electron chi connectivity index (χ3n) is 4.22. The van der Waals surface area contributed by atoms with Crippen LogP contribution in [0.15, 0.2) is 48.5 Å². The third kappa shape index (κ3) is 8.24. The highest BCUT2D eigenvalue weighted by Crippen LogP contribution is 2.35. The van der Waals surface area contributed by atoms with Crippen LogP contribution in [0.3, 0.4) is 0 Å². The number of ether oxygens (including phenoxy) is 4. The monoisotopic (exact) mass is 481 g/mol. The number of hydrogen-bond donors (Lipinski definition) is 1. The number of esters is 2. The quantitative estimate of drug-likeness (QED) is 0.314. The minimum Gasteiger partial charge on any atom is -0.489 e. The summed E-state index contributed by atoms with van der Waals surface area (Å²) < 4.78 is 58.7. The Bertz CT molecular complexity index is 1030. The number of hydrogen-bond acceptors (Lipinski definition) is 7. The SMILES string of the molecule is COCCOc1ccc(C(F)(F)F)cc1NC(=O)COC(=O)/C=C/c1ccc(C(=O)OC)cc1. The van der Waals surface area contributed by atoms with E-state index in [4.69, 9.17) is 14.2 Å². The number of alkyl halides is 3. The van der Waals surface area contributed by atoms with E-state index in [-0.39, 0.29) is 24.7 Å². The maximum atomic E-state index is 13.0. The van der Waals surface area contributed by atoms with Crippen molar-refractivity contribution in [1.82, 2.24) is 0 Å². The smallest absolute Gasteiger partial charge is 0.416 e. The van der Waals surface area contributed by atoms with Gasteiger partial charge in [0.1, 0.15) is 12.4 Å². The summed E-state index contributed by atoms with van der Waals surface area (Å²) in [5, 5.41) is 2.25. The number of carbonyl (C=O) groups excluding carboxylic acids is 3. The number of anilines is 1. The van der Waals surface area contributed by atoms with Crippen LogP contribution in [0, 0.1) is 0 Å². The van der Waals surface area contributed by atoms with Gasteiger partial charge in [0.15, 0.2) is 6.61 Å². The molecule has 0 unspecified atom stereocenters. The van der Waals surface area contributed by atoms with Gasteiger partial charge in [0.05, 0.1) is 30.5 Å². The second-order valence-electron chi connectivity index (χ2n) is 6.65. The summed E-state index contributed by atoms with van der Waals surface area (Å²) in [5.41, 5.74) is -0.303. The Hall–Kier alpha value is -3.86. The van der Waals surface area contributed by atoms with E-state index >= 15 is 0 Å². The summed E-state index contributed by atoms with van der Waals surface area (Å²) in [5.74, 6) is -2.22. The van der Waals surface area contributed by atoms with Crippen molar-refractivity contribution in [3.05, 3.63) is 65.2 Å². The summed E-state index contributed by atoms with van der Waals surface area (Å²) in [7, 11) is 2.68. The first-order valence-electron chi connectivity index (χ1n) is 9.80. The highest BCUT2D eigenvalue weighted by molar-refractivity contribution is 5.96. The molecule has 0 aliphatic heterocycles. The lowest BCUT2D eigenvalue weighted by Crippen LogP contribution is -2.21. The van der Waals surface area contributed by atoms with E-state index < -0.39 is 36.2 Å². The lowest BCUT2D eigenvalue weighted by atomic mass is 10.1. The van der Waals surface area contributed by atoms with Crippen LogP contribution in [0.5, 0.6) is 5.75 Å². The Balaban J connectivity index is 1.97. The highest BCUT2D eigenvalue weighted by atomic mass is 19.4. The van der Waals surface area contributed by atoms with Crippen LogP contribution < -0.4 is 10.1 Å². The van der Waals surface area contributed by atoms with E-state index in [9.17, 15) is 27.6 Å².